The Morgan fingerprint density at radius 2 is 1.85 bits per heavy atom. The summed E-state index contributed by atoms with van der Waals surface area (Å²) in [5, 5.41) is 3.26. The van der Waals surface area contributed by atoms with E-state index in [0.29, 0.717) is 23.8 Å². The van der Waals surface area contributed by atoms with Gasteiger partial charge >= 0.3 is 6.18 Å². The number of benzene rings is 1. The summed E-state index contributed by atoms with van der Waals surface area (Å²) in [6.07, 6.45) is -0.0614. The Kier molecular flexibility index (Phi) is 3.63. The lowest BCUT2D eigenvalue weighted by Crippen LogP contribution is -2.23. The van der Waals surface area contributed by atoms with Crippen LogP contribution in [0.4, 0.5) is 18.9 Å². The molecule has 110 valence electrons. The highest BCUT2D eigenvalue weighted by Crippen LogP contribution is 2.38. The Labute approximate surface area is 117 Å². The zero-order valence-electron chi connectivity index (χ0n) is 11.3. The molecule has 20 heavy (non-hydrogen) atoms. The predicted molar refractivity (Wildman–Crippen MR) is 72.8 cm³/mol. The molecular weight excluding hydrogens is 265 g/mol. The second-order valence-electron chi connectivity index (χ2n) is 5.70. The van der Waals surface area contributed by atoms with Gasteiger partial charge in [-0.05, 0) is 43.4 Å². The van der Waals surface area contributed by atoms with Crippen molar-refractivity contribution in [3.63, 3.8) is 0 Å². The quantitative estimate of drug-likeness (QED) is 0.909. The average Bonchev–Trinajstić information content (AvgIpc) is 3.07. The van der Waals surface area contributed by atoms with Gasteiger partial charge in [0.25, 0.3) is 0 Å². The number of anilines is 1. The number of nitrogens with zero attached hydrogens (tertiary/aromatic N) is 1. The maximum absolute atomic E-state index is 13.2. The second kappa shape index (κ2) is 5.28. The molecule has 2 fully saturated rings. The summed E-state index contributed by atoms with van der Waals surface area (Å²) in [6.45, 7) is 1.97. The van der Waals surface area contributed by atoms with Crippen LogP contribution in [-0.2, 0) is 12.7 Å². The van der Waals surface area contributed by atoms with Gasteiger partial charge in [0, 0.05) is 31.4 Å². The van der Waals surface area contributed by atoms with Gasteiger partial charge in [0.05, 0.1) is 5.56 Å². The third-order valence-corrected chi connectivity index (χ3v) is 3.99. The van der Waals surface area contributed by atoms with E-state index < -0.39 is 11.7 Å². The van der Waals surface area contributed by atoms with Crippen molar-refractivity contribution in [2.45, 2.75) is 44.4 Å². The summed E-state index contributed by atoms with van der Waals surface area (Å²) in [6, 6.07) is 5.27. The van der Waals surface area contributed by atoms with Gasteiger partial charge in [0.2, 0.25) is 0 Å². The van der Waals surface area contributed by atoms with E-state index in [1.165, 1.54) is 6.07 Å². The van der Waals surface area contributed by atoms with Crippen molar-refractivity contribution < 1.29 is 13.2 Å². The van der Waals surface area contributed by atoms with Gasteiger partial charge < -0.3 is 10.2 Å². The molecule has 1 heterocycles. The summed E-state index contributed by atoms with van der Waals surface area (Å²) in [7, 11) is 0. The first-order valence-electron chi connectivity index (χ1n) is 7.22. The fourth-order valence-electron chi connectivity index (χ4n) is 2.70. The first-order chi connectivity index (χ1) is 9.54. The van der Waals surface area contributed by atoms with Crippen molar-refractivity contribution in [1.29, 1.82) is 0 Å². The van der Waals surface area contributed by atoms with Gasteiger partial charge in [-0.3, -0.25) is 0 Å². The lowest BCUT2D eigenvalue weighted by atomic mass is 10.1. The molecule has 1 aromatic carbocycles. The highest BCUT2D eigenvalue weighted by Gasteiger charge is 2.35. The number of hydrogen-bond donors (Lipinski definition) is 1. The van der Waals surface area contributed by atoms with Crippen LogP contribution in [0.25, 0.3) is 0 Å². The van der Waals surface area contributed by atoms with E-state index in [0.717, 1.165) is 38.8 Å². The monoisotopic (exact) mass is 284 g/mol. The van der Waals surface area contributed by atoms with Crippen LogP contribution in [0.1, 0.15) is 36.8 Å². The molecule has 0 atom stereocenters. The van der Waals surface area contributed by atoms with E-state index >= 15 is 0 Å². The van der Waals surface area contributed by atoms with E-state index in [1.54, 1.807) is 6.07 Å². The molecule has 0 unspecified atom stereocenters. The van der Waals surface area contributed by atoms with Crippen LogP contribution in [0.5, 0.6) is 0 Å². The molecule has 1 saturated heterocycles. The summed E-state index contributed by atoms with van der Waals surface area (Å²) >= 11 is 0. The van der Waals surface area contributed by atoms with Gasteiger partial charge in [0.1, 0.15) is 0 Å². The van der Waals surface area contributed by atoms with E-state index in [9.17, 15) is 13.2 Å². The number of nitrogens with one attached hydrogen (secondary N) is 1. The summed E-state index contributed by atoms with van der Waals surface area (Å²) in [5.74, 6) is 0. The minimum atomic E-state index is -4.28. The summed E-state index contributed by atoms with van der Waals surface area (Å²) in [5.41, 5.74) is 0.562. The highest BCUT2D eigenvalue weighted by atomic mass is 19.4. The third kappa shape index (κ3) is 3.08. The van der Waals surface area contributed by atoms with E-state index in [2.05, 4.69) is 5.32 Å². The Bertz CT molecular complexity index is 474. The molecule has 2 aliphatic rings. The first-order valence-corrected chi connectivity index (χ1v) is 7.22. The third-order valence-electron chi connectivity index (χ3n) is 3.99. The largest absolute Gasteiger partial charge is 0.418 e. The average molecular weight is 284 g/mol. The molecular formula is C15H19F3N2. The van der Waals surface area contributed by atoms with Gasteiger partial charge in [-0.2, -0.15) is 13.2 Å². The number of halogens is 3. The molecule has 1 aromatic rings. The normalized spacial score (nSPS) is 19.6. The van der Waals surface area contributed by atoms with E-state index in [1.807, 2.05) is 11.0 Å². The van der Waals surface area contributed by atoms with Gasteiger partial charge in [-0.1, -0.05) is 6.07 Å². The van der Waals surface area contributed by atoms with Crippen LogP contribution in [0.3, 0.4) is 0 Å². The predicted octanol–water partition coefficient (Wildman–Crippen LogP) is 3.56. The molecule has 5 heteroatoms. The SMILES string of the molecule is FC(F)(F)c1cc(CNC2CC2)ccc1N1CCCC1. The summed E-state index contributed by atoms with van der Waals surface area (Å²) < 4.78 is 39.7. The van der Waals surface area contributed by atoms with Gasteiger partial charge in [-0.25, -0.2) is 0 Å². The molecule has 1 aliphatic carbocycles. The Balaban J connectivity index is 1.84. The van der Waals surface area contributed by atoms with Crippen LogP contribution in [0.2, 0.25) is 0 Å². The van der Waals surface area contributed by atoms with Crippen molar-refractivity contribution >= 4 is 5.69 Å². The molecule has 3 rings (SSSR count). The molecule has 1 aliphatic heterocycles. The standard InChI is InChI=1S/C15H19F3N2/c16-15(17,18)13-9-11(10-19-12-4-5-12)3-6-14(13)20-7-1-2-8-20/h3,6,9,12,19H,1-2,4-5,7-8,10H2. The second-order valence-corrected chi connectivity index (χ2v) is 5.70. The molecule has 1 saturated carbocycles. The van der Waals surface area contributed by atoms with Crippen LogP contribution in [0.15, 0.2) is 18.2 Å². The van der Waals surface area contributed by atoms with E-state index in [-0.39, 0.29) is 0 Å². The fraction of sp³-hybridized carbons (Fsp3) is 0.600. The van der Waals surface area contributed by atoms with Crippen LogP contribution in [0, 0.1) is 0 Å². The lowest BCUT2D eigenvalue weighted by molar-refractivity contribution is -0.137. The Morgan fingerprint density at radius 3 is 2.45 bits per heavy atom. The van der Waals surface area contributed by atoms with Crippen molar-refractivity contribution in [1.82, 2.24) is 5.32 Å². The Hall–Kier alpha value is -1.23. The molecule has 0 spiro atoms. The minimum absolute atomic E-state index is 0.338. The molecule has 0 amide bonds. The molecule has 2 nitrogen and oxygen atoms in total. The number of alkyl halides is 3. The molecule has 0 bridgehead atoms. The topological polar surface area (TPSA) is 15.3 Å². The van der Waals surface area contributed by atoms with Crippen molar-refractivity contribution in [2.75, 3.05) is 18.0 Å². The summed E-state index contributed by atoms with van der Waals surface area (Å²) in [4.78, 5) is 1.85. The maximum Gasteiger partial charge on any atom is 0.418 e. The maximum atomic E-state index is 13.2. The number of hydrogen-bond acceptors (Lipinski definition) is 2. The number of rotatable bonds is 4. The van der Waals surface area contributed by atoms with E-state index in [4.69, 9.17) is 0 Å². The van der Waals surface area contributed by atoms with Crippen LogP contribution >= 0.6 is 0 Å². The zero-order valence-corrected chi connectivity index (χ0v) is 11.3. The lowest BCUT2D eigenvalue weighted by Gasteiger charge is -2.23. The van der Waals surface area contributed by atoms with Crippen LogP contribution in [-0.4, -0.2) is 19.1 Å². The minimum Gasteiger partial charge on any atom is -0.371 e. The fourth-order valence-corrected chi connectivity index (χ4v) is 2.70. The molecule has 0 aromatic heterocycles. The smallest absolute Gasteiger partial charge is 0.371 e. The van der Waals surface area contributed by atoms with Crippen molar-refractivity contribution in [2.24, 2.45) is 0 Å². The van der Waals surface area contributed by atoms with Crippen molar-refractivity contribution in [3.8, 4) is 0 Å². The highest BCUT2D eigenvalue weighted by molar-refractivity contribution is 5.57. The molecule has 1 N–H and O–H groups in total. The Morgan fingerprint density at radius 1 is 1.15 bits per heavy atom. The van der Waals surface area contributed by atoms with Gasteiger partial charge in [-0.15, -0.1) is 0 Å². The van der Waals surface area contributed by atoms with Crippen LogP contribution < -0.4 is 10.2 Å². The van der Waals surface area contributed by atoms with Crippen molar-refractivity contribution in [3.05, 3.63) is 29.3 Å². The zero-order chi connectivity index (χ0) is 14.2. The van der Waals surface area contributed by atoms with Gasteiger partial charge in [0.15, 0.2) is 0 Å². The molecule has 0 radical (unpaired) electrons. The first kappa shape index (κ1) is 13.7.